The van der Waals surface area contributed by atoms with Crippen molar-refractivity contribution >= 4 is 0 Å². The summed E-state index contributed by atoms with van der Waals surface area (Å²) in [7, 11) is 2.20. The van der Waals surface area contributed by atoms with Gasteiger partial charge in [-0.25, -0.2) is 4.39 Å². The standard InChI is InChI=1S/C17H26FN/c1-17(2,3)11-14-12-19(4)10-9-16(14)13-5-7-15(18)8-6-13/h5-8,14,16H,9-12H2,1-4H3/t14-,16+/m1/s1. The number of hydrogen-bond donors (Lipinski definition) is 0. The number of benzene rings is 1. The zero-order valence-corrected chi connectivity index (χ0v) is 12.6. The molecule has 0 amide bonds. The van der Waals surface area contributed by atoms with Gasteiger partial charge in [0.05, 0.1) is 0 Å². The molecule has 0 saturated carbocycles. The summed E-state index contributed by atoms with van der Waals surface area (Å²) in [5.41, 5.74) is 1.66. The Morgan fingerprint density at radius 3 is 2.42 bits per heavy atom. The van der Waals surface area contributed by atoms with Crippen LogP contribution in [0.2, 0.25) is 0 Å². The average molecular weight is 263 g/mol. The van der Waals surface area contributed by atoms with Gasteiger partial charge in [0, 0.05) is 6.54 Å². The SMILES string of the molecule is CN1CC[C@@H](c2ccc(F)cc2)[C@H](CC(C)(C)C)C1. The Morgan fingerprint density at radius 2 is 1.84 bits per heavy atom. The minimum atomic E-state index is -0.135. The molecule has 0 bridgehead atoms. The zero-order valence-electron chi connectivity index (χ0n) is 12.6. The fourth-order valence-electron chi connectivity index (χ4n) is 3.36. The summed E-state index contributed by atoms with van der Waals surface area (Å²) in [6.45, 7) is 9.22. The van der Waals surface area contributed by atoms with E-state index in [1.807, 2.05) is 12.1 Å². The third-order valence-corrected chi connectivity index (χ3v) is 4.11. The second kappa shape index (κ2) is 5.62. The highest BCUT2D eigenvalue weighted by Crippen LogP contribution is 2.39. The van der Waals surface area contributed by atoms with Gasteiger partial charge in [-0.1, -0.05) is 32.9 Å². The topological polar surface area (TPSA) is 3.24 Å². The molecule has 1 aliphatic rings. The Hall–Kier alpha value is -0.890. The molecule has 0 N–H and O–H groups in total. The highest BCUT2D eigenvalue weighted by molar-refractivity contribution is 5.22. The minimum Gasteiger partial charge on any atom is -0.306 e. The van der Waals surface area contributed by atoms with Gasteiger partial charge >= 0.3 is 0 Å². The Labute approximate surface area is 116 Å². The van der Waals surface area contributed by atoms with Crippen molar-refractivity contribution in [2.24, 2.45) is 11.3 Å². The van der Waals surface area contributed by atoms with E-state index in [0.717, 1.165) is 13.1 Å². The number of rotatable bonds is 2. The third kappa shape index (κ3) is 4.04. The molecule has 1 aliphatic heterocycles. The Balaban J connectivity index is 2.18. The molecule has 2 heteroatoms. The monoisotopic (exact) mass is 263 g/mol. The normalized spacial score (nSPS) is 25.5. The van der Waals surface area contributed by atoms with Crippen molar-refractivity contribution in [3.05, 3.63) is 35.6 Å². The lowest BCUT2D eigenvalue weighted by atomic mass is 9.73. The van der Waals surface area contributed by atoms with Gasteiger partial charge < -0.3 is 4.90 Å². The van der Waals surface area contributed by atoms with Crippen molar-refractivity contribution in [2.45, 2.75) is 39.5 Å². The van der Waals surface area contributed by atoms with Crippen LogP contribution in [-0.2, 0) is 0 Å². The van der Waals surface area contributed by atoms with Crippen LogP contribution in [0.1, 0.15) is 45.1 Å². The summed E-state index contributed by atoms with van der Waals surface area (Å²) in [6, 6.07) is 7.14. The molecule has 0 unspecified atom stereocenters. The molecule has 106 valence electrons. The Bertz CT molecular complexity index is 404. The summed E-state index contributed by atoms with van der Waals surface area (Å²) in [5.74, 6) is 1.12. The molecule has 0 aliphatic carbocycles. The largest absolute Gasteiger partial charge is 0.306 e. The second-order valence-electron chi connectivity index (χ2n) is 7.23. The van der Waals surface area contributed by atoms with Crippen LogP contribution in [0.4, 0.5) is 4.39 Å². The maximum Gasteiger partial charge on any atom is 0.123 e. The van der Waals surface area contributed by atoms with Crippen LogP contribution >= 0.6 is 0 Å². The van der Waals surface area contributed by atoms with Crippen molar-refractivity contribution in [1.29, 1.82) is 0 Å². The maximum absolute atomic E-state index is 13.1. The van der Waals surface area contributed by atoms with Crippen LogP contribution in [0.3, 0.4) is 0 Å². The molecule has 0 aromatic heterocycles. The first-order valence-corrected chi connectivity index (χ1v) is 7.29. The van der Waals surface area contributed by atoms with Gasteiger partial charge in [-0.15, -0.1) is 0 Å². The Morgan fingerprint density at radius 1 is 1.21 bits per heavy atom. The van der Waals surface area contributed by atoms with E-state index in [9.17, 15) is 4.39 Å². The van der Waals surface area contributed by atoms with Crippen LogP contribution in [0.15, 0.2) is 24.3 Å². The molecule has 1 nitrogen and oxygen atoms in total. The van der Waals surface area contributed by atoms with Crippen LogP contribution in [0.5, 0.6) is 0 Å². The minimum absolute atomic E-state index is 0.135. The Kier molecular flexibility index (Phi) is 4.29. The molecule has 2 rings (SSSR count). The first-order valence-electron chi connectivity index (χ1n) is 7.29. The molecule has 0 spiro atoms. The molecule has 2 atom stereocenters. The highest BCUT2D eigenvalue weighted by atomic mass is 19.1. The van der Waals surface area contributed by atoms with Gasteiger partial charge in [0.2, 0.25) is 0 Å². The highest BCUT2D eigenvalue weighted by Gasteiger charge is 2.31. The van der Waals surface area contributed by atoms with Crippen molar-refractivity contribution in [3.8, 4) is 0 Å². The predicted molar refractivity (Wildman–Crippen MR) is 78.8 cm³/mol. The predicted octanol–water partition coefficient (Wildman–Crippen LogP) is 4.30. The van der Waals surface area contributed by atoms with E-state index in [4.69, 9.17) is 0 Å². The maximum atomic E-state index is 13.1. The molecule has 0 radical (unpaired) electrons. The van der Waals surface area contributed by atoms with Crippen molar-refractivity contribution < 1.29 is 4.39 Å². The van der Waals surface area contributed by atoms with Gasteiger partial charge in [-0.2, -0.15) is 0 Å². The molecule has 1 aromatic carbocycles. The van der Waals surface area contributed by atoms with Crippen LogP contribution in [0.25, 0.3) is 0 Å². The van der Waals surface area contributed by atoms with E-state index >= 15 is 0 Å². The first kappa shape index (κ1) is 14.5. The van der Waals surface area contributed by atoms with Crippen molar-refractivity contribution in [2.75, 3.05) is 20.1 Å². The first-order chi connectivity index (χ1) is 8.85. The summed E-state index contributed by atoms with van der Waals surface area (Å²) in [4.78, 5) is 2.43. The van der Waals surface area contributed by atoms with Gasteiger partial charge in [0.25, 0.3) is 0 Å². The smallest absolute Gasteiger partial charge is 0.123 e. The lowest BCUT2D eigenvalue weighted by Gasteiger charge is -2.40. The molecule has 1 saturated heterocycles. The van der Waals surface area contributed by atoms with E-state index in [0.29, 0.717) is 17.3 Å². The van der Waals surface area contributed by atoms with Crippen LogP contribution in [0, 0.1) is 17.2 Å². The number of piperidine rings is 1. The fourth-order valence-corrected chi connectivity index (χ4v) is 3.36. The summed E-state index contributed by atoms with van der Waals surface area (Å²) in [6.07, 6.45) is 2.41. The lowest BCUT2D eigenvalue weighted by molar-refractivity contribution is 0.142. The number of nitrogens with zero attached hydrogens (tertiary/aromatic N) is 1. The lowest BCUT2D eigenvalue weighted by Crippen LogP contribution is -2.38. The van der Waals surface area contributed by atoms with Gasteiger partial charge in [0.15, 0.2) is 0 Å². The van der Waals surface area contributed by atoms with E-state index in [1.54, 1.807) is 12.1 Å². The number of hydrogen-bond acceptors (Lipinski definition) is 1. The number of halogens is 1. The van der Waals surface area contributed by atoms with Gasteiger partial charge in [-0.3, -0.25) is 0 Å². The summed E-state index contributed by atoms with van der Waals surface area (Å²) < 4.78 is 13.1. The third-order valence-electron chi connectivity index (χ3n) is 4.11. The molecule has 1 heterocycles. The van der Waals surface area contributed by atoms with E-state index < -0.39 is 0 Å². The summed E-state index contributed by atoms with van der Waals surface area (Å²) in [5, 5.41) is 0. The van der Waals surface area contributed by atoms with E-state index in [2.05, 4.69) is 32.7 Å². The molecule has 19 heavy (non-hydrogen) atoms. The van der Waals surface area contributed by atoms with E-state index in [-0.39, 0.29) is 5.82 Å². The zero-order chi connectivity index (χ0) is 14.0. The van der Waals surface area contributed by atoms with Crippen LogP contribution in [-0.4, -0.2) is 25.0 Å². The number of likely N-dealkylation sites (tertiary alicyclic amines) is 1. The van der Waals surface area contributed by atoms with Crippen LogP contribution < -0.4 is 0 Å². The molecular formula is C17H26FN. The molecular weight excluding hydrogens is 237 g/mol. The van der Waals surface area contributed by atoms with Crippen molar-refractivity contribution in [1.82, 2.24) is 4.90 Å². The average Bonchev–Trinajstić information content (AvgIpc) is 2.29. The summed E-state index contributed by atoms with van der Waals surface area (Å²) >= 11 is 0. The quantitative estimate of drug-likeness (QED) is 0.769. The second-order valence-corrected chi connectivity index (χ2v) is 7.23. The fraction of sp³-hybridized carbons (Fsp3) is 0.647. The van der Waals surface area contributed by atoms with E-state index in [1.165, 1.54) is 18.4 Å². The van der Waals surface area contributed by atoms with Crippen molar-refractivity contribution in [3.63, 3.8) is 0 Å². The molecule has 1 aromatic rings. The van der Waals surface area contributed by atoms with Gasteiger partial charge in [-0.05, 0) is 61.4 Å². The van der Waals surface area contributed by atoms with Gasteiger partial charge in [0.1, 0.15) is 5.82 Å². The molecule has 1 fully saturated rings.